The molecule has 1 unspecified atom stereocenters. The van der Waals surface area contributed by atoms with Gasteiger partial charge < -0.3 is 15.0 Å². The Kier molecular flexibility index (Phi) is 6.46. The summed E-state index contributed by atoms with van der Waals surface area (Å²) in [6.45, 7) is 9.45. The van der Waals surface area contributed by atoms with Gasteiger partial charge in [-0.2, -0.15) is 0 Å². The molecule has 0 aromatic carbocycles. The zero-order valence-electron chi connectivity index (χ0n) is 13.6. The highest BCUT2D eigenvalue weighted by atomic mass is 16.5. The predicted octanol–water partition coefficient (Wildman–Crippen LogP) is 2.69. The first kappa shape index (κ1) is 16.2. The number of piperidine rings is 1. The Labute approximate surface area is 128 Å². The predicted molar refractivity (Wildman–Crippen MR) is 87.6 cm³/mol. The van der Waals surface area contributed by atoms with E-state index in [1.807, 2.05) is 6.20 Å². The third-order valence-corrected chi connectivity index (χ3v) is 3.94. The first-order chi connectivity index (χ1) is 10.2. The average Bonchev–Trinajstić information content (AvgIpc) is 2.48. The number of nitrogens with one attached hydrogen (secondary N) is 1. The fourth-order valence-corrected chi connectivity index (χ4v) is 2.89. The summed E-state index contributed by atoms with van der Waals surface area (Å²) in [4.78, 5) is 6.96. The molecule has 1 aromatic heterocycles. The summed E-state index contributed by atoms with van der Waals surface area (Å²) in [7, 11) is 1.79. The number of hydrogen-bond acceptors (Lipinski definition) is 4. The molecule has 1 fully saturated rings. The lowest BCUT2D eigenvalue weighted by Crippen LogP contribution is -2.37. The number of rotatable bonds is 7. The van der Waals surface area contributed by atoms with Crippen LogP contribution in [0.1, 0.15) is 32.3 Å². The molecule has 1 aliphatic rings. The van der Waals surface area contributed by atoms with Gasteiger partial charge in [-0.25, -0.2) is 4.98 Å². The largest absolute Gasteiger partial charge is 0.384 e. The van der Waals surface area contributed by atoms with Crippen molar-refractivity contribution in [3.05, 3.63) is 23.9 Å². The maximum absolute atomic E-state index is 5.31. The van der Waals surface area contributed by atoms with E-state index in [0.717, 1.165) is 38.6 Å². The van der Waals surface area contributed by atoms with Crippen LogP contribution in [0, 0.1) is 11.8 Å². The monoisotopic (exact) mass is 291 g/mol. The number of anilines is 1. The van der Waals surface area contributed by atoms with Gasteiger partial charge in [0.25, 0.3) is 0 Å². The first-order valence-corrected chi connectivity index (χ1v) is 8.08. The molecule has 1 saturated heterocycles. The van der Waals surface area contributed by atoms with Gasteiger partial charge in [0.15, 0.2) is 0 Å². The van der Waals surface area contributed by atoms with Gasteiger partial charge in [-0.15, -0.1) is 0 Å². The van der Waals surface area contributed by atoms with Gasteiger partial charge in [0.2, 0.25) is 0 Å². The molecule has 0 radical (unpaired) electrons. The van der Waals surface area contributed by atoms with Gasteiger partial charge in [-0.3, -0.25) is 0 Å². The minimum absolute atomic E-state index is 0.633. The zero-order chi connectivity index (χ0) is 15.1. The summed E-state index contributed by atoms with van der Waals surface area (Å²) < 4.78 is 5.31. The Morgan fingerprint density at radius 3 is 3.10 bits per heavy atom. The van der Waals surface area contributed by atoms with Crippen molar-refractivity contribution < 1.29 is 4.74 Å². The fraction of sp³-hybridized carbons (Fsp3) is 0.706. The van der Waals surface area contributed by atoms with Crippen LogP contribution in [0.25, 0.3) is 0 Å². The van der Waals surface area contributed by atoms with Gasteiger partial charge in [-0.1, -0.05) is 13.8 Å². The summed E-state index contributed by atoms with van der Waals surface area (Å²) in [5.74, 6) is 2.43. The molecule has 0 bridgehead atoms. The molecule has 0 amide bonds. The number of ether oxygens (including phenoxy) is 1. The van der Waals surface area contributed by atoms with Crippen LogP contribution in [-0.2, 0) is 11.3 Å². The number of methoxy groups -OCH3 is 1. The van der Waals surface area contributed by atoms with Crippen LogP contribution >= 0.6 is 0 Å². The molecule has 2 rings (SSSR count). The standard InChI is InChI=1S/C17H29N3O/c1-14(2)10-18-11-15-6-7-19-17(9-15)20-8-4-5-16(12-20)13-21-3/h6-7,9,14,16,18H,4-5,8,10-13H2,1-3H3. The molecule has 118 valence electrons. The van der Waals surface area contributed by atoms with Crippen molar-refractivity contribution >= 4 is 5.82 Å². The third-order valence-electron chi connectivity index (χ3n) is 3.94. The Hall–Kier alpha value is -1.13. The molecule has 21 heavy (non-hydrogen) atoms. The topological polar surface area (TPSA) is 37.4 Å². The molecule has 1 N–H and O–H groups in total. The molecule has 0 aliphatic carbocycles. The van der Waals surface area contributed by atoms with Crippen molar-refractivity contribution in [3.63, 3.8) is 0 Å². The second kappa shape index (κ2) is 8.35. The van der Waals surface area contributed by atoms with Gasteiger partial charge in [0.05, 0.1) is 6.61 Å². The molecule has 1 aliphatic heterocycles. The van der Waals surface area contributed by atoms with Crippen molar-refractivity contribution in [2.75, 3.05) is 38.3 Å². The van der Waals surface area contributed by atoms with E-state index in [9.17, 15) is 0 Å². The van der Waals surface area contributed by atoms with Crippen molar-refractivity contribution in [1.29, 1.82) is 0 Å². The summed E-state index contributed by atoms with van der Waals surface area (Å²) in [5, 5.41) is 3.49. The van der Waals surface area contributed by atoms with E-state index in [2.05, 4.69) is 41.2 Å². The highest BCUT2D eigenvalue weighted by molar-refractivity contribution is 5.41. The molecule has 2 heterocycles. The van der Waals surface area contributed by atoms with Crippen LogP contribution in [0.15, 0.2) is 18.3 Å². The van der Waals surface area contributed by atoms with E-state index in [0.29, 0.717) is 11.8 Å². The molecular weight excluding hydrogens is 262 g/mol. The van der Waals surface area contributed by atoms with Crippen LogP contribution in [0.2, 0.25) is 0 Å². The summed E-state index contributed by atoms with van der Waals surface area (Å²) in [5.41, 5.74) is 1.31. The number of pyridine rings is 1. The number of hydrogen-bond donors (Lipinski definition) is 1. The van der Waals surface area contributed by atoms with Crippen molar-refractivity contribution in [1.82, 2.24) is 10.3 Å². The molecular formula is C17H29N3O. The lowest BCUT2D eigenvalue weighted by Gasteiger charge is -2.33. The highest BCUT2D eigenvalue weighted by Gasteiger charge is 2.20. The van der Waals surface area contributed by atoms with E-state index in [-0.39, 0.29) is 0 Å². The van der Waals surface area contributed by atoms with E-state index in [4.69, 9.17) is 4.74 Å². The van der Waals surface area contributed by atoms with E-state index in [1.54, 1.807) is 7.11 Å². The van der Waals surface area contributed by atoms with Crippen LogP contribution in [0.3, 0.4) is 0 Å². The minimum atomic E-state index is 0.633. The third kappa shape index (κ3) is 5.29. The van der Waals surface area contributed by atoms with Crippen LogP contribution in [0.4, 0.5) is 5.82 Å². The average molecular weight is 291 g/mol. The van der Waals surface area contributed by atoms with Gasteiger partial charge in [0.1, 0.15) is 5.82 Å². The smallest absolute Gasteiger partial charge is 0.128 e. The van der Waals surface area contributed by atoms with Crippen molar-refractivity contribution in [2.24, 2.45) is 11.8 Å². The Morgan fingerprint density at radius 2 is 2.33 bits per heavy atom. The van der Waals surface area contributed by atoms with Crippen molar-refractivity contribution in [2.45, 2.75) is 33.2 Å². The number of aromatic nitrogens is 1. The van der Waals surface area contributed by atoms with Crippen molar-refractivity contribution in [3.8, 4) is 0 Å². The molecule has 4 heteroatoms. The first-order valence-electron chi connectivity index (χ1n) is 8.08. The van der Waals surface area contributed by atoms with Crippen LogP contribution in [-0.4, -0.2) is 38.3 Å². The van der Waals surface area contributed by atoms with E-state index in [1.165, 1.54) is 18.4 Å². The summed E-state index contributed by atoms with van der Waals surface area (Å²) in [6, 6.07) is 4.33. The minimum Gasteiger partial charge on any atom is -0.384 e. The van der Waals surface area contributed by atoms with Gasteiger partial charge in [-0.05, 0) is 48.9 Å². The van der Waals surface area contributed by atoms with Crippen LogP contribution in [0.5, 0.6) is 0 Å². The normalized spacial score (nSPS) is 19.2. The second-order valence-electron chi connectivity index (χ2n) is 6.46. The van der Waals surface area contributed by atoms with Gasteiger partial charge >= 0.3 is 0 Å². The quantitative estimate of drug-likeness (QED) is 0.838. The Bertz CT molecular complexity index is 420. The van der Waals surface area contributed by atoms with E-state index < -0.39 is 0 Å². The zero-order valence-corrected chi connectivity index (χ0v) is 13.6. The van der Waals surface area contributed by atoms with E-state index >= 15 is 0 Å². The fourth-order valence-electron chi connectivity index (χ4n) is 2.89. The SMILES string of the molecule is COCC1CCCN(c2cc(CNCC(C)C)ccn2)C1. The lowest BCUT2D eigenvalue weighted by atomic mass is 9.99. The Morgan fingerprint density at radius 1 is 1.48 bits per heavy atom. The maximum atomic E-state index is 5.31. The molecule has 0 saturated carbocycles. The maximum Gasteiger partial charge on any atom is 0.128 e. The molecule has 1 atom stereocenters. The highest BCUT2D eigenvalue weighted by Crippen LogP contribution is 2.22. The summed E-state index contributed by atoms with van der Waals surface area (Å²) >= 11 is 0. The number of nitrogens with zero attached hydrogens (tertiary/aromatic N) is 2. The second-order valence-corrected chi connectivity index (χ2v) is 6.46. The van der Waals surface area contributed by atoms with Crippen LogP contribution < -0.4 is 10.2 Å². The Balaban J connectivity index is 1.93. The lowest BCUT2D eigenvalue weighted by molar-refractivity contribution is 0.143. The van der Waals surface area contributed by atoms with Gasteiger partial charge in [0, 0.05) is 32.9 Å². The molecule has 4 nitrogen and oxygen atoms in total. The summed E-state index contributed by atoms with van der Waals surface area (Å²) in [6.07, 6.45) is 4.42. The molecule has 1 aromatic rings. The molecule has 0 spiro atoms.